The van der Waals surface area contributed by atoms with E-state index in [0.29, 0.717) is 0 Å². The number of carboxylic acids is 1. The maximum absolute atomic E-state index is 10.8. The van der Waals surface area contributed by atoms with E-state index in [-0.39, 0.29) is 0 Å². The molecule has 11 heavy (non-hydrogen) atoms. The molecule has 1 fully saturated rings. The molecule has 0 saturated carbocycles. The van der Waals surface area contributed by atoms with Gasteiger partial charge in [0.05, 0.1) is 0 Å². The number of carbonyl (C=O) groups is 2. The lowest BCUT2D eigenvalue weighted by Gasteiger charge is -2.47. The van der Waals surface area contributed by atoms with Gasteiger partial charge in [-0.3, -0.25) is 4.79 Å². The van der Waals surface area contributed by atoms with Crippen molar-refractivity contribution in [2.45, 2.75) is 26.4 Å². The molecule has 1 atom stereocenters. The molecule has 0 radical (unpaired) electrons. The zero-order chi connectivity index (χ0) is 8.86. The van der Waals surface area contributed by atoms with Crippen LogP contribution in [0.3, 0.4) is 0 Å². The molecule has 0 amide bonds. The number of cyclic esters (lactones) is 1. The molecule has 62 valence electrons. The first-order chi connectivity index (χ1) is 4.82. The predicted octanol–water partition coefficient (Wildman–Crippen LogP) is 0.413. The normalized spacial score (nSPS) is 33.9. The van der Waals surface area contributed by atoms with Crippen LogP contribution in [-0.2, 0) is 14.3 Å². The Labute approximate surface area is 64.2 Å². The summed E-state index contributed by atoms with van der Waals surface area (Å²) in [4.78, 5) is 21.4. The summed E-state index contributed by atoms with van der Waals surface area (Å²) in [6.07, 6.45) is 0. The van der Waals surface area contributed by atoms with Crippen molar-refractivity contribution in [2.75, 3.05) is 0 Å². The Kier molecular flexibility index (Phi) is 1.28. The van der Waals surface area contributed by atoms with Crippen LogP contribution in [0.2, 0.25) is 0 Å². The van der Waals surface area contributed by atoms with Gasteiger partial charge in [0.15, 0.2) is 0 Å². The minimum atomic E-state index is -1.34. The van der Waals surface area contributed by atoms with E-state index in [9.17, 15) is 9.59 Å². The largest absolute Gasteiger partial charge is 0.478 e. The average Bonchev–Trinajstić information content (AvgIpc) is 1.87. The monoisotopic (exact) mass is 158 g/mol. The van der Waals surface area contributed by atoms with Crippen LogP contribution in [0, 0.1) is 5.41 Å². The molecule has 1 aliphatic heterocycles. The average molecular weight is 158 g/mol. The summed E-state index contributed by atoms with van der Waals surface area (Å²) in [6.45, 7) is 4.52. The lowest BCUT2D eigenvalue weighted by molar-refractivity contribution is -0.236. The van der Waals surface area contributed by atoms with E-state index in [4.69, 9.17) is 5.11 Å². The third-order valence-corrected chi connectivity index (χ3v) is 2.41. The Balaban J connectivity index is 2.96. The predicted molar refractivity (Wildman–Crippen MR) is 35.9 cm³/mol. The van der Waals surface area contributed by atoms with Crippen LogP contribution >= 0.6 is 0 Å². The fourth-order valence-corrected chi connectivity index (χ4v) is 0.900. The smallest absolute Gasteiger partial charge is 0.349 e. The Morgan fingerprint density at radius 2 is 1.91 bits per heavy atom. The van der Waals surface area contributed by atoms with Crippen molar-refractivity contribution in [3.63, 3.8) is 0 Å². The lowest BCUT2D eigenvalue weighted by Crippen LogP contribution is -2.66. The molecular weight excluding hydrogens is 148 g/mol. The molecule has 1 unspecified atom stereocenters. The lowest BCUT2D eigenvalue weighted by atomic mass is 9.71. The fraction of sp³-hybridized carbons (Fsp3) is 0.714. The first kappa shape index (κ1) is 8.04. The van der Waals surface area contributed by atoms with Crippen molar-refractivity contribution in [1.29, 1.82) is 0 Å². The van der Waals surface area contributed by atoms with Crippen molar-refractivity contribution in [2.24, 2.45) is 5.41 Å². The molecule has 1 rings (SSSR count). The maximum atomic E-state index is 10.8. The Hall–Kier alpha value is -1.06. The maximum Gasteiger partial charge on any atom is 0.349 e. The molecule has 4 heteroatoms. The van der Waals surface area contributed by atoms with Gasteiger partial charge in [-0.2, -0.15) is 0 Å². The van der Waals surface area contributed by atoms with Gasteiger partial charge >= 0.3 is 11.9 Å². The van der Waals surface area contributed by atoms with Gasteiger partial charge in [-0.15, -0.1) is 0 Å². The number of ether oxygens (including phenoxy) is 1. The molecule has 1 heterocycles. The summed E-state index contributed by atoms with van der Waals surface area (Å²) in [7, 11) is 0. The number of aliphatic carboxylic acids is 1. The van der Waals surface area contributed by atoms with Crippen molar-refractivity contribution in [1.82, 2.24) is 0 Å². The van der Waals surface area contributed by atoms with Gasteiger partial charge in [0.1, 0.15) is 5.41 Å². The zero-order valence-electron chi connectivity index (χ0n) is 6.67. The molecule has 0 aromatic heterocycles. The fourth-order valence-electron chi connectivity index (χ4n) is 0.900. The Morgan fingerprint density at radius 3 is 2.00 bits per heavy atom. The molecule has 1 N–H and O–H groups in total. The van der Waals surface area contributed by atoms with Crippen LogP contribution < -0.4 is 0 Å². The highest BCUT2D eigenvalue weighted by Gasteiger charge is 2.65. The second-order valence-electron chi connectivity index (χ2n) is 3.35. The standard InChI is InChI=1S/C7H10O4/c1-6(2)5(10)11-7(6,3)4(8)9/h1-3H3,(H,8,9). The minimum absolute atomic E-state index is 0.456. The van der Waals surface area contributed by atoms with Gasteiger partial charge in [-0.25, -0.2) is 4.79 Å². The molecule has 4 nitrogen and oxygen atoms in total. The summed E-state index contributed by atoms with van der Waals surface area (Å²) in [6, 6.07) is 0. The van der Waals surface area contributed by atoms with E-state index >= 15 is 0 Å². The highest BCUT2D eigenvalue weighted by molar-refractivity contribution is 5.96. The second kappa shape index (κ2) is 1.75. The number of carboxylic acid groups (broad SMARTS) is 1. The van der Waals surface area contributed by atoms with Crippen LogP contribution in [0.5, 0.6) is 0 Å². The highest BCUT2D eigenvalue weighted by Crippen LogP contribution is 2.45. The van der Waals surface area contributed by atoms with Gasteiger partial charge in [-0.1, -0.05) is 0 Å². The number of carbonyl (C=O) groups excluding carboxylic acids is 1. The van der Waals surface area contributed by atoms with Crippen LogP contribution in [0.15, 0.2) is 0 Å². The van der Waals surface area contributed by atoms with E-state index in [0.717, 1.165) is 0 Å². The van der Waals surface area contributed by atoms with Crippen LogP contribution in [-0.4, -0.2) is 22.6 Å². The van der Waals surface area contributed by atoms with Crippen molar-refractivity contribution in [3.05, 3.63) is 0 Å². The molecule has 0 bridgehead atoms. The second-order valence-corrected chi connectivity index (χ2v) is 3.35. The van der Waals surface area contributed by atoms with Crippen molar-refractivity contribution >= 4 is 11.9 Å². The topological polar surface area (TPSA) is 63.6 Å². The van der Waals surface area contributed by atoms with E-state index < -0.39 is 23.0 Å². The van der Waals surface area contributed by atoms with Crippen molar-refractivity contribution < 1.29 is 19.4 Å². The minimum Gasteiger partial charge on any atom is -0.478 e. The summed E-state index contributed by atoms with van der Waals surface area (Å²) in [5, 5.41) is 8.67. The first-order valence-electron chi connectivity index (χ1n) is 3.29. The number of rotatable bonds is 1. The summed E-state index contributed by atoms with van der Waals surface area (Å²) < 4.78 is 4.56. The molecule has 0 aliphatic carbocycles. The molecule has 0 spiro atoms. The van der Waals surface area contributed by atoms with Gasteiger partial charge in [0.25, 0.3) is 0 Å². The third-order valence-electron chi connectivity index (χ3n) is 2.41. The number of hydrogen-bond acceptors (Lipinski definition) is 3. The number of esters is 1. The molecule has 1 aliphatic rings. The van der Waals surface area contributed by atoms with Gasteiger partial charge < -0.3 is 9.84 Å². The Morgan fingerprint density at radius 1 is 1.45 bits per heavy atom. The molecule has 1 saturated heterocycles. The summed E-state index contributed by atoms with van der Waals surface area (Å²) in [5.74, 6) is -1.55. The van der Waals surface area contributed by atoms with E-state index in [1.54, 1.807) is 13.8 Å². The van der Waals surface area contributed by atoms with Gasteiger partial charge in [0.2, 0.25) is 5.60 Å². The van der Waals surface area contributed by atoms with Crippen LogP contribution in [0.1, 0.15) is 20.8 Å². The van der Waals surface area contributed by atoms with E-state index in [1.165, 1.54) is 6.92 Å². The van der Waals surface area contributed by atoms with Gasteiger partial charge in [0, 0.05) is 0 Å². The summed E-state index contributed by atoms with van der Waals surface area (Å²) >= 11 is 0. The Bertz CT molecular complexity index is 231. The molecule has 0 aromatic rings. The quantitative estimate of drug-likeness (QED) is 0.561. The number of hydrogen-bond donors (Lipinski definition) is 1. The SMILES string of the molecule is CC1(C)C(=O)OC1(C)C(=O)O. The van der Waals surface area contributed by atoms with Gasteiger partial charge in [-0.05, 0) is 20.8 Å². The van der Waals surface area contributed by atoms with Crippen LogP contribution in [0.25, 0.3) is 0 Å². The van der Waals surface area contributed by atoms with Crippen molar-refractivity contribution in [3.8, 4) is 0 Å². The highest BCUT2D eigenvalue weighted by atomic mass is 16.6. The molecule has 0 aromatic carbocycles. The van der Waals surface area contributed by atoms with Crippen LogP contribution in [0.4, 0.5) is 0 Å². The first-order valence-corrected chi connectivity index (χ1v) is 3.29. The van der Waals surface area contributed by atoms with E-state index in [2.05, 4.69) is 4.74 Å². The van der Waals surface area contributed by atoms with E-state index in [1.807, 2.05) is 0 Å². The third kappa shape index (κ3) is 0.692. The zero-order valence-corrected chi connectivity index (χ0v) is 6.67. The molecular formula is C7H10O4. The summed E-state index contributed by atoms with van der Waals surface area (Å²) in [5.41, 5.74) is -2.25.